The lowest BCUT2D eigenvalue weighted by molar-refractivity contribution is -0.143. The number of unbranched alkanes of at least 4 members (excludes halogenated alkanes) is 52. The second kappa shape index (κ2) is 67.8. The van der Waals surface area contributed by atoms with Gasteiger partial charge in [-0.2, -0.15) is 0 Å². The van der Waals surface area contributed by atoms with Crippen molar-refractivity contribution in [2.24, 2.45) is 0 Å². The van der Waals surface area contributed by atoms with Gasteiger partial charge in [-0.25, -0.2) is 0 Å². The number of aliphatic hydroxyl groups excluding tert-OH is 2. The van der Waals surface area contributed by atoms with Gasteiger partial charge in [0.05, 0.1) is 25.4 Å². The van der Waals surface area contributed by atoms with E-state index in [1.165, 1.54) is 321 Å². The Labute approximate surface area is 488 Å². The molecule has 78 heavy (non-hydrogen) atoms. The third kappa shape index (κ3) is 63.5. The number of hydrogen-bond acceptors (Lipinski definition) is 5. The predicted octanol–water partition coefficient (Wildman–Crippen LogP) is 22.9. The van der Waals surface area contributed by atoms with Crippen LogP contribution in [-0.4, -0.2) is 47.4 Å². The molecular formula is C72H139NO5. The van der Waals surface area contributed by atoms with Crippen molar-refractivity contribution in [1.29, 1.82) is 0 Å². The second-order valence-corrected chi connectivity index (χ2v) is 24.6. The van der Waals surface area contributed by atoms with Gasteiger partial charge in [-0.3, -0.25) is 9.59 Å². The van der Waals surface area contributed by atoms with Gasteiger partial charge in [0, 0.05) is 12.8 Å². The molecule has 0 radical (unpaired) electrons. The summed E-state index contributed by atoms with van der Waals surface area (Å²) in [6.07, 6.45) is 85.1. The third-order valence-corrected chi connectivity index (χ3v) is 16.7. The number of esters is 1. The fraction of sp³-hybridized carbons (Fsp3) is 0.917. The van der Waals surface area contributed by atoms with Crippen LogP contribution in [0.15, 0.2) is 24.3 Å². The number of rotatable bonds is 67. The van der Waals surface area contributed by atoms with Gasteiger partial charge in [0.1, 0.15) is 0 Å². The van der Waals surface area contributed by atoms with E-state index in [1.807, 2.05) is 0 Å². The van der Waals surface area contributed by atoms with Gasteiger partial charge in [0.25, 0.3) is 0 Å². The van der Waals surface area contributed by atoms with E-state index < -0.39 is 12.1 Å². The van der Waals surface area contributed by atoms with Crippen molar-refractivity contribution in [3.05, 3.63) is 24.3 Å². The summed E-state index contributed by atoms with van der Waals surface area (Å²) in [6.45, 7) is 4.98. The number of ether oxygens (including phenoxy) is 1. The van der Waals surface area contributed by atoms with Crippen LogP contribution in [-0.2, 0) is 14.3 Å². The molecule has 0 aromatic rings. The van der Waals surface area contributed by atoms with Gasteiger partial charge in [0.2, 0.25) is 5.91 Å². The van der Waals surface area contributed by atoms with E-state index in [1.54, 1.807) is 0 Å². The van der Waals surface area contributed by atoms with Crippen LogP contribution in [0.5, 0.6) is 0 Å². The highest BCUT2D eigenvalue weighted by atomic mass is 16.5. The van der Waals surface area contributed by atoms with E-state index in [0.29, 0.717) is 25.9 Å². The Balaban J connectivity index is 3.39. The number of carbonyl (C=O) groups excluding carboxylic acids is 2. The molecule has 0 aromatic carbocycles. The number of aliphatic hydroxyl groups is 2. The second-order valence-electron chi connectivity index (χ2n) is 24.6. The van der Waals surface area contributed by atoms with Gasteiger partial charge in [-0.1, -0.05) is 334 Å². The van der Waals surface area contributed by atoms with Crippen molar-refractivity contribution >= 4 is 11.9 Å². The molecular weight excluding hydrogens is 959 g/mol. The molecule has 0 rings (SSSR count). The van der Waals surface area contributed by atoms with E-state index in [9.17, 15) is 19.8 Å². The van der Waals surface area contributed by atoms with E-state index in [-0.39, 0.29) is 18.5 Å². The molecule has 0 aliphatic carbocycles. The van der Waals surface area contributed by atoms with Crippen LogP contribution >= 0.6 is 0 Å². The standard InChI is InChI=1S/C72H139NO5/c1-3-5-7-9-11-13-15-17-19-20-21-28-31-34-37-40-44-48-52-56-60-64-70(75)69(68-74)73-71(76)65-61-57-53-49-45-41-38-35-32-29-26-24-22-23-25-27-30-33-36-39-43-47-51-55-59-63-67-78-72(77)66-62-58-54-50-46-42-18-16-14-12-10-8-6-4-2/h16,18,22,24,69-70,74-75H,3-15,17,19-21,23,25-68H2,1-2H3,(H,73,76)/b18-16-,24-22-. The first-order chi connectivity index (χ1) is 38.5. The molecule has 6 nitrogen and oxygen atoms in total. The topological polar surface area (TPSA) is 95.9 Å². The lowest BCUT2D eigenvalue weighted by atomic mass is 10.0. The Kier molecular flexibility index (Phi) is 66.4. The highest BCUT2D eigenvalue weighted by Gasteiger charge is 2.20. The quantitative estimate of drug-likeness (QED) is 0.0320. The van der Waals surface area contributed by atoms with Crippen molar-refractivity contribution in [2.75, 3.05) is 13.2 Å². The molecule has 0 saturated carbocycles. The van der Waals surface area contributed by atoms with Crippen LogP contribution in [0.3, 0.4) is 0 Å². The van der Waals surface area contributed by atoms with Crippen molar-refractivity contribution in [2.45, 2.75) is 411 Å². The summed E-state index contributed by atoms with van der Waals surface area (Å²) in [5.41, 5.74) is 0. The first-order valence-electron chi connectivity index (χ1n) is 35.6. The normalized spacial score (nSPS) is 12.6. The van der Waals surface area contributed by atoms with Gasteiger partial charge in [-0.05, 0) is 77.0 Å². The first-order valence-corrected chi connectivity index (χ1v) is 35.6. The Morgan fingerprint density at radius 3 is 0.910 bits per heavy atom. The maximum atomic E-state index is 12.5. The molecule has 2 unspecified atom stereocenters. The van der Waals surface area contributed by atoms with Gasteiger partial charge < -0.3 is 20.3 Å². The van der Waals surface area contributed by atoms with Crippen LogP contribution in [0.25, 0.3) is 0 Å². The summed E-state index contributed by atoms with van der Waals surface area (Å²) in [6, 6.07) is -0.544. The molecule has 6 heteroatoms. The van der Waals surface area contributed by atoms with Crippen LogP contribution < -0.4 is 5.32 Å². The Hall–Kier alpha value is -1.66. The number of hydrogen-bond donors (Lipinski definition) is 3. The molecule has 0 fully saturated rings. The van der Waals surface area contributed by atoms with Crippen molar-refractivity contribution in [1.82, 2.24) is 5.32 Å². The highest BCUT2D eigenvalue weighted by Crippen LogP contribution is 2.19. The minimum Gasteiger partial charge on any atom is -0.466 e. The fourth-order valence-corrected chi connectivity index (χ4v) is 11.3. The highest BCUT2D eigenvalue weighted by molar-refractivity contribution is 5.76. The van der Waals surface area contributed by atoms with E-state index in [4.69, 9.17) is 4.74 Å². The van der Waals surface area contributed by atoms with Crippen molar-refractivity contribution in [3.8, 4) is 0 Å². The first kappa shape index (κ1) is 76.3. The van der Waals surface area contributed by atoms with E-state index >= 15 is 0 Å². The SMILES string of the molecule is CCCCCCC/C=C\CCCCCCCC(=O)OCCCCCCCCCCCCCC/C=C\CCCCCCCCCCCCC(=O)NC(CO)C(O)CCCCCCCCCCCCCCCCCCCCCCC. The van der Waals surface area contributed by atoms with Crippen LogP contribution in [0.2, 0.25) is 0 Å². The molecule has 0 aromatic heterocycles. The lowest BCUT2D eigenvalue weighted by Gasteiger charge is -2.22. The molecule has 3 N–H and O–H groups in total. The number of allylic oxidation sites excluding steroid dienone is 4. The lowest BCUT2D eigenvalue weighted by Crippen LogP contribution is -2.45. The summed E-state index contributed by atoms with van der Waals surface area (Å²) >= 11 is 0. The van der Waals surface area contributed by atoms with Gasteiger partial charge in [0.15, 0.2) is 0 Å². The van der Waals surface area contributed by atoms with Crippen molar-refractivity contribution < 1.29 is 24.5 Å². The zero-order chi connectivity index (χ0) is 56.4. The van der Waals surface area contributed by atoms with Crippen LogP contribution in [0.1, 0.15) is 399 Å². The molecule has 0 bridgehead atoms. The number of carbonyl (C=O) groups is 2. The Morgan fingerprint density at radius 1 is 0.346 bits per heavy atom. The zero-order valence-electron chi connectivity index (χ0n) is 52.9. The number of nitrogens with one attached hydrogen (secondary N) is 1. The minimum atomic E-state index is -0.666. The average Bonchev–Trinajstić information content (AvgIpc) is 3.44. The smallest absolute Gasteiger partial charge is 0.305 e. The predicted molar refractivity (Wildman–Crippen MR) is 343 cm³/mol. The fourth-order valence-electron chi connectivity index (χ4n) is 11.3. The largest absolute Gasteiger partial charge is 0.466 e. The average molecular weight is 1100 g/mol. The third-order valence-electron chi connectivity index (χ3n) is 16.7. The molecule has 0 heterocycles. The molecule has 1 amide bonds. The Morgan fingerprint density at radius 2 is 0.603 bits per heavy atom. The van der Waals surface area contributed by atoms with Gasteiger partial charge >= 0.3 is 5.97 Å². The van der Waals surface area contributed by atoms with E-state index in [0.717, 1.165) is 44.9 Å². The van der Waals surface area contributed by atoms with Crippen molar-refractivity contribution in [3.63, 3.8) is 0 Å². The summed E-state index contributed by atoms with van der Waals surface area (Å²) < 4.78 is 5.48. The van der Waals surface area contributed by atoms with Crippen LogP contribution in [0.4, 0.5) is 0 Å². The molecule has 0 aliphatic heterocycles. The Bertz CT molecular complexity index is 1220. The minimum absolute atomic E-state index is 0.00657. The summed E-state index contributed by atoms with van der Waals surface area (Å²) in [5, 5.41) is 23.4. The molecule has 0 spiro atoms. The molecule has 0 aliphatic rings. The summed E-state index contributed by atoms with van der Waals surface area (Å²) in [7, 11) is 0. The molecule has 2 atom stereocenters. The number of amides is 1. The van der Waals surface area contributed by atoms with Crippen LogP contribution in [0, 0.1) is 0 Å². The monoisotopic (exact) mass is 1100 g/mol. The zero-order valence-corrected chi connectivity index (χ0v) is 52.9. The molecule has 0 saturated heterocycles. The van der Waals surface area contributed by atoms with E-state index in [2.05, 4.69) is 43.5 Å². The maximum Gasteiger partial charge on any atom is 0.305 e. The van der Waals surface area contributed by atoms with Gasteiger partial charge in [-0.15, -0.1) is 0 Å². The summed E-state index contributed by atoms with van der Waals surface area (Å²) in [4.78, 5) is 24.6. The maximum absolute atomic E-state index is 12.5. The summed E-state index contributed by atoms with van der Waals surface area (Å²) in [5.74, 6) is -0.0259. The molecule has 462 valence electrons.